The molecule has 0 aliphatic heterocycles. The fourth-order valence-corrected chi connectivity index (χ4v) is 2.91. The van der Waals surface area contributed by atoms with Crippen LogP contribution in [0.4, 0.5) is 0 Å². The molecule has 0 fully saturated rings. The SMILES string of the molecule is CCN(CC)CC(C)NC(C)c1ccc(S(N)(=O)=O)cc1. The van der Waals surface area contributed by atoms with Gasteiger partial charge in [-0.1, -0.05) is 26.0 Å². The van der Waals surface area contributed by atoms with Gasteiger partial charge in [-0.25, -0.2) is 13.6 Å². The standard InChI is InChI=1S/C15H27N3O2S/c1-5-18(6-2)11-12(3)17-13(4)14-7-9-15(10-8-14)21(16,19)20/h7-10,12-13,17H,5-6,11H2,1-4H3,(H2,16,19,20). The maximum absolute atomic E-state index is 11.2. The molecule has 2 unspecified atom stereocenters. The number of likely N-dealkylation sites (N-methyl/N-ethyl adjacent to an activating group) is 1. The van der Waals surface area contributed by atoms with Gasteiger partial charge in [-0.05, 0) is 44.6 Å². The van der Waals surface area contributed by atoms with Gasteiger partial charge < -0.3 is 10.2 Å². The second kappa shape index (κ2) is 7.89. The number of nitrogens with one attached hydrogen (secondary N) is 1. The van der Waals surface area contributed by atoms with Crippen LogP contribution < -0.4 is 10.5 Å². The van der Waals surface area contributed by atoms with Gasteiger partial charge in [0.1, 0.15) is 0 Å². The van der Waals surface area contributed by atoms with Crippen molar-refractivity contribution in [2.24, 2.45) is 5.14 Å². The zero-order valence-electron chi connectivity index (χ0n) is 13.3. The fraction of sp³-hybridized carbons (Fsp3) is 0.600. The Hall–Kier alpha value is -0.950. The summed E-state index contributed by atoms with van der Waals surface area (Å²) in [5, 5.41) is 8.63. The Morgan fingerprint density at radius 1 is 1.14 bits per heavy atom. The van der Waals surface area contributed by atoms with Gasteiger partial charge in [0, 0.05) is 18.6 Å². The van der Waals surface area contributed by atoms with Gasteiger partial charge in [0.2, 0.25) is 10.0 Å². The largest absolute Gasteiger partial charge is 0.306 e. The van der Waals surface area contributed by atoms with Gasteiger partial charge in [0.15, 0.2) is 0 Å². The van der Waals surface area contributed by atoms with E-state index in [0.29, 0.717) is 6.04 Å². The Kier molecular flexibility index (Phi) is 6.80. The van der Waals surface area contributed by atoms with Crippen LogP contribution in [0, 0.1) is 0 Å². The van der Waals surface area contributed by atoms with Gasteiger partial charge in [-0.15, -0.1) is 0 Å². The van der Waals surface area contributed by atoms with Crippen molar-refractivity contribution in [1.29, 1.82) is 0 Å². The molecule has 0 saturated carbocycles. The van der Waals surface area contributed by atoms with E-state index in [0.717, 1.165) is 25.2 Å². The van der Waals surface area contributed by atoms with Crippen LogP contribution in [0.3, 0.4) is 0 Å². The summed E-state index contributed by atoms with van der Waals surface area (Å²) < 4.78 is 22.5. The number of benzene rings is 1. The predicted octanol–water partition coefficient (Wildman–Crippen LogP) is 1.71. The van der Waals surface area contributed by atoms with Gasteiger partial charge in [-0.2, -0.15) is 0 Å². The Morgan fingerprint density at radius 2 is 1.67 bits per heavy atom. The van der Waals surface area contributed by atoms with E-state index >= 15 is 0 Å². The Labute approximate surface area is 128 Å². The summed E-state index contributed by atoms with van der Waals surface area (Å²) in [6, 6.07) is 7.24. The summed E-state index contributed by atoms with van der Waals surface area (Å²) in [4.78, 5) is 2.52. The maximum Gasteiger partial charge on any atom is 0.238 e. The van der Waals surface area contributed by atoms with E-state index in [4.69, 9.17) is 5.14 Å². The average Bonchev–Trinajstić information content (AvgIpc) is 2.43. The minimum atomic E-state index is -3.62. The molecule has 0 radical (unpaired) electrons. The molecule has 21 heavy (non-hydrogen) atoms. The van der Waals surface area contributed by atoms with Crippen molar-refractivity contribution in [1.82, 2.24) is 10.2 Å². The van der Waals surface area contributed by atoms with Crippen LogP contribution in [0.15, 0.2) is 29.2 Å². The third-order valence-electron chi connectivity index (χ3n) is 3.67. The summed E-state index contributed by atoms with van der Waals surface area (Å²) in [5.41, 5.74) is 1.05. The first-order valence-electron chi connectivity index (χ1n) is 7.39. The summed E-state index contributed by atoms with van der Waals surface area (Å²) in [5.74, 6) is 0. The molecule has 0 aliphatic carbocycles. The Balaban J connectivity index is 2.65. The van der Waals surface area contributed by atoms with E-state index in [9.17, 15) is 8.42 Å². The third kappa shape index (κ3) is 5.74. The first-order valence-corrected chi connectivity index (χ1v) is 8.93. The summed E-state index contributed by atoms with van der Waals surface area (Å²) in [7, 11) is -3.62. The molecule has 1 aromatic carbocycles. The number of nitrogens with zero attached hydrogens (tertiary/aromatic N) is 1. The Morgan fingerprint density at radius 3 is 2.10 bits per heavy atom. The first-order chi connectivity index (χ1) is 9.77. The zero-order chi connectivity index (χ0) is 16.0. The number of hydrogen-bond donors (Lipinski definition) is 2. The second-order valence-corrected chi connectivity index (χ2v) is 6.95. The Bertz CT molecular complexity index is 524. The molecule has 3 N–H and O–H groups in total. The molecule has 1 aromatic rings. The molecular weight excluding hydrogens is 286 g/mol. The summed E-state index contributed by atoms with van der Waals surface area (Å²) in [6.45, 7) is 11.6. The highest BCUT2D eigenvalue weighted by molar-refractivity contribution is 7.89. The van der Waals surface area contributed by atoms with Crippen molar-refractivity contribution in [3.8, 4) is 0 Å². The molecule has 0 heterocycles. The quantitative estimate of drug-likeness (QED) is 0.766. The number of hydrogen-bond acceptors (Lipinski definition) is 4. The number of nitrogens with two attached hydrogens (primary N) is 1. The van der Waals surface area contributed by atoms with Crippen LogP contribution >= 0.6 is 0 Å². The van der Waals surface area contributed by atoms with Crippen LogP contribution in [0.1, 0.15) is 39.3 Å². The zero-order valence-corrected chi connectivity index (χ0v) is 14.2. The van der Waals surface area contributed by atoms with Crippen LogP contribution in [-0.2, 0) is 10.0 Å². The van der Waals surface area contributed by atoms with E-state index in [1.165, 1.54) is 0 Å². The third-order valence-corrected chi connectivity index (χ3v) is 4.60. The highest BCUT2D eigenvalue weighted by Crippen LogP contribution is 2.16. The van der Waals surface area contributed by atoms with E-state index in [1.54, 1.807) is 12.1 Å². The molecule has 6 heteroatoms. The lowest BCUT2D eigenvalue weighted by atomic mass is 10.1. The molecule has 0 amide bonds. The molecular formula is C15H27N3O2S. The molecule has 0 aliphatic rings. The molecule has 0 spiro atoms. The highest BCUT2D eigenvalue weighted by atomic mass is 32.2. The van der Waals surface area contributed by atoms with E-state index in [2.05, 4.69) is 37.9 Å². The van der Waals surface area contributed by atoms with Gasteiger partial charge in [0.25, 0.3) is 0 Å². The van der Waals surface area contributed by atoms with Gasteiger partial charge in [0.05, 0.1) is 4.90 Å². The molecule has 1 rings (SSSR count). The number of rotatable bonds is 8. The van der Waals surface area contributed by atoms with Gasteiger partial charge in [-0.3, -0.25) is 0 Å². The molecule has 2 atom stereocenters. The number of primary sulfonamides is 1. The van der Waals surface area contributed by atoms with Crippen molar-refractivity contribution >= 4 is 10.0 Å². The van der Waals surface area contributed by atoms with Crippen molar-refractivity contribution in [3.63, 3.8) is 0 Å². The minimum Gasteiger partial charge on any atom is -0.306 e. The van der Waals surface area contributed by atoms with E-state index in [1.807, 2.05) is 12.1 Å². The first kappa shape index (κ1) is 18.1. The molecule has 0 aromatic heterocycles. The smallest absolute Gasteiger partial charge is 0.238 e. The van der Waals surface area contributed by atoms with Crippen LogP contribution in [-0.4, -0.2) is 39.0 Å². The van der Waals surface area contributed by atoms with E-state index < -0.39 is 10.0 Å². The lowest BCUT2D eigenvalue weighted by molar-refractivity contribution is 0.264. The molecule has 5 nitrogen and oxygen atoms in total. The van der Waals surface area contributed by atoms with Crippen molar-refractivity contribution in [3.05, 3.63) is 29.8 Å². The molecule has 0 bridgehead atoms. The normalized spacial score (nSPS) is 15.1. The maximum atomic E-state index is 11.2. The van der Waals surface area contributed by atoms with Crippen molar-refractivity contribution in [2.45, 2.75) is 44.7 Å². The molecule has 120 valence electrons. The summed E-state index contributed by atoms with van der Waals surface area (Å²) >= 11 is 0. The van der Waals surface area contributed by atoms with Crippen LogP contribution in [0.5, 0.6) is 0 Å². The van der Waals surface area contributed by atoms with Gasteiger partial charge >= 0.3 is 0 Å². The second-order valence-electron chi connectivity index (χ2n) is 5.39. The lowest BCUT2D eigenvalue weighted by Crippen LogP contribution is -2.40. The van der Waals surface area contributed by atoms with E-state index in [-0.39, 0.29) is 10.9 Å². The number of sulfonamides is 1. The van der Waals surface area contributed by atoms with Crippen molar-refractivity contribution in [2.75, 3.05) is 19.6 Å². The minimum absolute atomic E-state index is 0.148. The fourth-order valence-electron chi connectivity index (χ4n) is 2.39. The topological polar surface area (TPSA) is 75.4 Å². The summed E-state index contributed by atoms with van der Waals surface area (Å²) in [6.07, 6.45) is 0. The van der Waals surface area contributed by atoms with Crippen LogP contribution in [0.25, 0.3) is 0 Å². The average molecular weight is 313 g/mol. The van der Waals surface area contributed by atoms with Crippen LogP contribution in [0.2, 0.25) is 0 Å². The van der Waals surface area contributed by atoms with Crippen molar-refractivity contribution < 1.29 is 8.42 Å². The molecule has 0 saturated heterocycles. The highest BCUT2D eigenvalue weighted by Gasteiger charge is 2.13. The lowest BCUT2D eigenvalue weighted by Gasteiger charge is -2.26. The monoisotopic (exact) mass is 313 g/mol. The predicted molar refractivity (Wildman–Crippen MR) is 86.6 cm³/mol.